The number of fused-ring (bicyclic) bond motifs is 1. The summed E-state index contributed by atoms with van der Waals surface area (Å²) in [6.07, 6.45) is 12.0. The highest BCUT2D eigenvalue weighted by Gasteiger charge is 2.72. The summed E-state index contributed by atoms with van der Waals surface area (Å²) >= 11 is 1.59. The van der Waals surface area contributed by atoms with Crippen LogP contribution in [-0.2, 0) is 19.1 Å². The first kappa shape index (κ1) is 23.2. The largest absolute Gasteiger partial charge is 0.359 e. The van der Waals surface area contributed by atoms with Gasteiger partial charge in [-0.1, -0.05) is 43.6 Å². The van der Waals surface area contributed by atoms with Gasteiger partial charge in [-0.05, 0) is 37.3 Å². The first-order valence-electron chi connectivity index (χ1n) is 12.0. The molecular weight excluding hydrogens is 450 g/mol. The third kappa shape index (κ3) is 3.77. The highest BCUT2D eigenvalue weighted by molar-refractivity contribution is 7.98. The third-order valence-corrected chi connectivity index (χ3v) is 8.26. The smallest absolute Gasteiger partial charge is 0.246 e. The molecular formula is C26H31N3O4S. The van der Waals surface area contributed by atoms with E-state index in [0.29, 0.717) is 5.69 Å². The lowest BCUT2D eigenvalue weighted by molar-refractivity contribution is -0.140. The van der Waals surface area contributed by atoms with Crippen LogP contribution in [0.1, 0.15) is 32.1 Å². The van der Waals surface area contributed by atoms with Crippen LogP contribution in [0.2, 0.25) is 0 Å². The van der Waals surface area contributed by atoms with Crippen LogP contribution >= 0.6 is 11.8 Å². The van der Waals surface area contributed by atoms with Gasteiger partial charge in [-0.25, -0.2) is 0 Å². The third-order valence-electron chi connectivity index (χ3n) is 7.54. The van der Waals surface area contributed by atoms with E-state index in [2.05, 4.69) is 17.2 Å². The number of benzene rings is 1. The minimum atomic E-state index is -1.13. The Balaban J connectivity index is 1.42. The molecule has 3 fully saturated rings. The minimum Gasteiger partial charge on any atom is -0.359 e. The van der Waals surface area contributed by atoms with Crippen molar-refractivity contribution in [2.45, 2.75) is 60.8 Å². The van der Waals surface area contributed by atoms with Crippen LogP contribution < -0.4 is 10.6 Å². The van der Waals surface area contributed by atoms with Gasteiger partial charge in [-0.2, -0.15) is 0 Å². The van der Waals surface area contributed by atoms with E-state index in [-0.39, 0.29) is 30.3 Å². The number of rotatable bonds is 7. The Morgan fingerprint density at radius 2 is 2.06 bits per heavy atom. The van der Waals surface area contributed by atoms with Crippen molar-refractivity contribution in [2.75, 3.05) is 18.1 Å². The lowest BCUT2D eigenvalue weighted by Gasteiger charge is -2.33. The molecule has 7 nitrogen and oxygen atoms in total. The maximum atomic E-state index is 13.6. The van der Waals surface area contributed by atoms with Crippen LogP contribution in [0, 0.1) is 11.8 Å². The van der Waals surface area contributed by atoms with Crippen LogP contribution in [0.4, 0.5) is 5.69 Å². The fraction of sp³-hybridized carbons (Fsp3) is 0.500. The molecule has 0 aromatic heterocycles. The quantitative estimate of drug-likeness (QED) is 0.462. The molecule has 1 spiro atoms. The molecule has 4 aliphatic rings. The van der Waals surface area contributed by atoms with Gasteiger partial charge < -0.3 is 20.3 Å². The number of carbonyl (C=O) groups excluding carboxylic acids is 3. The Hall–Kier alpha value is -2.58. The van der Waals surface area contributed by atoms with Gasteiger partial charge in [-0.15, -0.1) is 18.3 Å². The molecule has 8 heteroatoms. The van der Waals surface area contributed by atoms with Crippen molar-refractivity contribution in [1.29, 1.82) is 0 Å². The molecule has 3 aliphatic heterocycles. The molecule has 1 aliphatic carbocycles. The van der Waals surface area contributed by atoms with Crippen molar-refractivity contribution < 1.29 is 19.1 Å². The summed E-state index contributed by atoms with van der Waals surface area (Å²) in [5, 5.41) is 6.14. The van der Waals surface area contributed by atoms with E-state index in [9.17, 15) is 14.4 Å². The number of carbonyl (C=O) groups is 3. The summed E-state index contributed by atoms with van der Waals surface area (Å²) in [6, 6.07) is 6.90. The Kier molecular flexibility index (Phi) is 6.29. The number of anilines is 1. The average molecular weight is 482 g/mol. The number of hydrogen-bond acceptors (Lipinski definition) is 5. The molecule has 1 aromatic carbocycles. The summed E-state index contributed by atoms with van der Waals surface area (Å²) < 4.78 is 6.34. The fourth-order valence-corrected chi connectivity index (χ4v) is 6.52. The summed E-state index contributed by atoms with van der Waals surface area (Å²) in [5.74, 6) is -2.14. The molecule has 2 saturated heterocycles. The lowest BCUT2D eigenvalue weighted by Crippen LogP contribution is -2.56. The first-order chi connectivity index (χ1) is 16.5. The predicted molar refractivity (Wildman–Crippen MR) is 131 cm³/mol. The topological polar surface area (TPSA) is 87.7 Å². The second kappa shape index (κ2) is 9.23. The molecule has 34 heavy (non-hydrogen) atoms. The molecule has 3 unspecified atom stereocenters. The number of nitrogens with one attached hydrogen (secondary N) is 2. The predicted octanol–water partition coefficient (Wildman–Crippen LogP) is 3.13. The number of ether oxygens (including phenoxy) is 1. The van der Waals surface area contributed by atoms with E-state index >= 15 is 0 Å². The zero-order chi connectivity index (χ0) is 23.9. The van der Waals surface area contributed by atoms with Crippen LogP contribution in [0.25, 0.3) is 0 Å². The zero-order valence-electron chi connectivity index (χ0n) is 19.4. The van der Waals surface area contributed by atoms with Crippen molar-refractivity contribution in [3.63, 3.8) is 0 Å². The number of likely N-dealkylation sites (tertiary alicyclic amines) is 1. The molecule has 0 radical (unpaired) electrons. The van der Waals surface area contributed by atoms with Crippen molar-refractivity contribution in [3.8, 4) is 0 Å². The van der Waals surface area contributed by atoms with Gasteiger partial charge in [0, 0.05) is 23.2 Å². The van der Waals surface area contributed by atoms with Crippen LogP contribution in [0.15, 0.2) is 54.0 Å². The summed E-state index contributed by atoms with van der Waals surface area (Å²) in [4.78, 5) is 43.2. The standard InChI is InChI=1S/C26H31N3O4S/c1-3-14-29-22(24(31)27-16-8-5-4-6-9-16)26-13-12-19(33-26)20(21(26)25(29)32)23(30)28-17-10-7-11-18(15-17)34-2/h3,7,10-13,15-16,19-22H,1,4-6,8-9,14H2,2H3,(H,27,31)(H,28,30)/t19-,20?,21-,22?,26?/m0/s1. The van der Waals surface area contributed by atoms with Gasteiger partial charge in [0.05, 0.1) is 17.9 Å². The van der Waals surface area contributed by atoms with Crippen LogP contribution in [0.5, 0.6) is 0 Å². The fourth-order valence-electron chi connectivity index (χ4n) is 6.06. The van der Waals surface area contributed by atoms with E-state index in [1.54, 1.807) is 17.8 Å². The second-order valence-corrected chi connectivity index (χ2v) is 10.4. The van der Waals surface area contributed by atoms with E-state index in [4.69, 9.17) is 4.74 Å². The Morgan fingerprint density at radius 1 is 1.26 bits per heavy atom. The molecule has 3 amide bonds. The number of hydrogen-bond donors (Lipinski definition) is 2. The van der Waals surface area contributed by atoms with Crippen LogP contribution in [0.3, 0.4) is 0 Å². The Labute approximate surface area is 204 Å². The van der Waals surface area contributed by atoms with E-state index < -0.39 is 29.6 Å². The second-order valence-electron chi connectivity index (χ2n) is 9.55. The first-order valence-corrected chi connectivity index (χ1v) is 13.2. The van der Waals surface area contributed by atoms with Gasteiger partial charge in [-0.3, -0.25) is 14.4 Å². The maximum Gasteiger partial charge on any atom is 0.246 e. The van der Waals surface area contributed by atoms with Crippen molar-refractivity contribution >= 4 is 35.2 Å². The molecule has 180 valence electrons. The van der Waals surface area contributed by atoms with Gasteiger partial charge in [0.15, 0.2) is 0 Å². The average Bonchev–Trinajstić information content (AvgIpc) is 3.48. The lowest BCUT2D eigenvalue weighted by atomic mass is 9.74. The zero-order valence-corrected chi connectivity index (χ0v) is 20.2. The number of thioether (sulfide) groups is 1. The van der Waals surface area contributed by atoms with Gasteiger partial charge in [0.1, 0.15) is 11.6 Å². The van der Waals surface area contributed by atoms with E-state index in [0.717, 1.165) is 30.6 Å². The Morgan fingerprint density at radius 3 is 2.79 bits per heavy atom. The van der Waals surface area contributed by atoms with Gasteiger partial charge in [0.2, 0.25) is 17.7 Å². The molecule has 5 atom stereocenters. The van der Waals surface area contributed by atoms with Crippen molar-refractivity contribution in [2.24, 2.45) is 11.8 Å². The highest BCUT2D eigenvalue weighted by Crippen LogP contribution is 2.55. The molecule has 1 saturated carbocycles. The summed E-state index contributed by atoms with van der Waals surface area (Å²) in [6.45, 7) is 4.01. The number of nitrogens with zero attached hydrogens (tertiary/aromatic N) is 1. The minimum absolute atomic E-state index is 0.114. The van der Waals surface area contributed by atoms with E-state index in [1.807, 2.05) is 42.7 Å². The Bertz CT molecular complexity index is 1040. The monoisotopic (exact) mass is 481 g/mol. The maximum absolute atomic E-state index is 13.6. The molecule has 3 heterocycles. The van der Waals surface area contributed by atoms with Crippen LogP contribution in [-0.4, -0.2) is 59.2 Å². The van der Waals surface area contributed by atoms with Crippen molar-refractivity contribution in [3.05, 3.63) is 49.1 Å². The number of amides is 3. The van der Waals surface area contributed by atoms with E-state index in [1.165, 1.54) is 11.3 Å². The molecule has 2 N–H and O–H groups in total. The SMILES string of the molecule is C=CCN1C(=O)[C@@H]2C(C(=O)Nc3cccc(SC)c3)[C@@H]3C=CC2(O3)C1C(=O)NC1CCCCC1. The molecule has 2 bridgehead atoms. The summed E-state index contributed by atoms with van der Waals surface area (Å²) in [7, 11) is 0. The normalized spacial score (nSPS) is 32.0. The summed E-state index contributed by atoms with van der Waals surface area (Å²) in [5.41, 5.74) is -0.454. The molecule has 1 aromatic rings. The highest BCUT2D eigenvalue weighted by atomic mass is 32.2. The van der Waals surface area contributed by atoms with Gasteiger partial charge in [0.25, 0.3) is 0 Å². The van der Waals surface area contributed by atoms with Gasteiger partial charge >= 0.3 is 0 Å². The molecule has 5 rings (SSSR count). The van der Waals surface area contributed by atoms with Crippen molar-refractivity contribution in [1.82, 2.24) is 10.2 Å².